The van der Waals surface area contributed by atoms with Gasteiger partial charge in [0.15, 0.2) is 5.60 Å². The van der Waals surface area contributed by atoms with Gasteiger partial charge in [0, 0.05) is 41.2 Å². The van der Waals surface area contributed by atoms with Gasteiger partial charge < -0.3 is 24.8 Å². The van der Waals surface area contributed by atoms with Crippen molar-refractivity contribution in [2.75, 3.05) is 37.9 Å². The molecule has 66 heavy (non-hydrogen) atoms. The van der Waals surface area contributed by atoms with E-state index in [0.717, 1.165) is 92.3 Å². The van der Waals surface area contributed by atoms with E-state index in [1.165, 1.54) is 51.4 Å². The number of halogens is 4. The minimum absolute atomic E-state index is 0.0156. The van der Waals surface area contributed by atoms with Crippen LogP contribution in [0.5, 0.6) is 11.5 Å². The lowest BCUT2D eigenvalue weighted by molar-refractivity contribution is 0.0300. The van der Waals surface area contributed by atoms with Crippen molar-refractivity contribution in [3.05, 3.63) is 162 Å². The first kappa shape index (κ1) is 47.9. The first-order chi connectivity index (χ1) is 31.8. The predicted octanol–water partition coefficient (Wildman–Crippen LogP) is 16.0. The molecule has 5 aromatic rings. The lowest BCUT2D eigenvalue weighted by atomic mass is 9.81. The maximum Gasteiger partial charge on any atom is 0.341 e. The zero-order chi connectivity index (χ0) is 46.7. The van der Waals surface area contributed by atoms with E-state index in [-0.39, 0.29) is 25.7 Å². The van der Waals surface area contributed by atoms with Crippen LogP contribution in [0.2, 0.25) is 20.1 Å². The summed E-state index contributed by atoms with van der Waals surface area (Å²) in [6, 6.07) is 28.8. The lowest BCUT2D eigenvalue weighted by Gasteiger charge is -2.29. The fraction of sp³-hybridized carbons (Fsp3) is 0.375. The first-order valence-electron chi connectivity index (χ1n) is 23.3. The highest BCUT2D eigenvalue weighted by Gasteiger charge is 2.48. The van der Waals surface area contributed by atoms with E-state index in [0.29, 0.717) is 17.4 Å². The fourth-order valence-electron chi connectivity index (χ4n) is 10.2. The molecular formula is C56H60Cl4N2O4. The van der Waals surface area contributed by atoms with Crippen molar-refractivity contribution in [3.8, 4) is 11.5 Å². The highest BCUT2D eigenvalue weighted by atomic mass is 35.5. The molecule has 2 saturated carbocycles. The van der Waals surface area contributed by atoms with Crippen LogP contribution < -0.4 is 20.1 Å². The molecule has 2 aliphatic carbocycles. The normalized spacial score (nSPS) is 22.1. The molecule has 1 aliphatic heterocycles. The molecule has 2 N–H and O–H groups in total. The minimum atomic E-state index is -1.69. The Hall–Kier alpha value is -4.59. The molecule has 6 nitrogen and oxygen atoms in total. The van der Waals surface area contributed by atoms with Gasteiger partial charge in [0.25, 0.3) is 0 Å². The summed E-state index contributed by atoms with van der Waals surface area (Å²) in [6.07, 6.45) is 13.7. The molecule has 0 spiro atoms. The average molecular weight is 967 g/mol. The Balaban J connectivity index is 1.41. The van der Waals surface area contributed by atoms with E-state index in [4.69, 9.17) is 60.6 Å². The zero-order valence-corrected chi connectivity index (χ0v) is 41.8. The van der Waals surface area contributed by atoms with Crippen LogP contribution in [0.1, 0.15) is 115 Å². The second-order valence-electron chi connectivity index (χ2n) is 18.8. The molecule has 0 radical (unpaired) electrons. The number of methoxy groups -OCH3 is 2. The van der Waals surface area contributed by atoms with Crippen molar-refractivity contribution in [2.24, 2.45) is 23.7 Å². The third-order valence-corrected chi connectivity index (χ3v) is 15.9. The summed E-state index contributed by atoms with van der Waals surface area (Å²) in [5.41, 5.74) is 7.63. The van der Waals surface area contributed by atoms with Gasteiger partial charge in [-0.1, -0.05) is 134 Å². The number of nitrogens with one attached hydrogen (secondary N) is 2. The van der Waals surface area contributed by atoms with Crippen LogP contribution in [-0.2, 0) is 10.3 Å². The van der Waals surface area contributed by atoms with Crippen LogP contribution in [0.25, 0.3) is 11.1 Å². The quantitative estimate of drug-likeness (QED) is 0.0657. The van der Waals surface area contributed by atoms with Crippen LogP contribution in [0, 0.1) is 37.5 Å². The summed E-state index contributed by atoms with van der Waals surface area (Å²) < 4.78 is 18.3. The smallest absolute Gasteiger partial charge is 0.341 e. The number of hydrogen-bond acceptors (Lipinski definition) is 6. The standard InChI is InChI=1S/C56H60Cl4N2O4/c1-33-15-19-37(20-16-33)31-61-45-13-9-7-11-41(45)43(39-23-25-47(64-5)35(3)27-39)29-56(50-49(55(63)66-56)51(57)53(59)54(60)52(50)58)30-44(40-24-26-48(65-6)36(4)28-40)42-12-8-10-14-46(42)62-32-38-21-17-34(2)18-22-38/h7-14,23-30,33-34,37-38,61-62H,15-22,31-32H2,1-6H3/b43-29+,44-30+. The fourth-order valence-corrected chi connectivity index (χ4v) is 11.2. The van der Waals surface area contributed by atoms with E-state index in [1.807, 2.05) is 74.5 Å². The predicted molar refractivity (Wildman–Crippen MR) is 275 cm³/mol. The number of aryl methyl sites for hydroxylation is 2. The van der Waals surface area contributed by atoms with Gasteiger partial charge in [0.1, 0.15) is 11.5 Å². The highest BCUT2D eigenvalue weighted by molar-refractivity contribution is 6.53. The molecular weight excluding hydrogens is 906 g/mol. The lowest BCUT2D eigenvalue weighted by Crippen LogP contribution is -2.24. The molecule has 5 aromatic carbocycles. The topological polar surface area (TPSA) is 68.8 Å². The van der Waals surface area contributed by atoms with Gasteiger partial charge in [-0.3, -0.25) is 0 Å². The van der Waals surface area contributed by atoms with Gasteiger partial charge in [-0.2, -0.15) is 0 Å². The summed E-state index contributed by atoms with van der Waals surface area (Å²) in [7, 11) is 3.34. The second-order valence-corrected chi connectivity index (χ2v) is 20.3. The number of benzene rings is 5. The van der Waals surface area contributed by atoms with Crippen molar-refractivity contribution in [1.82, 2.24) is 0 Å². The third kappa shape index (κ3) is 9.99. The maximum atomic E-state index is 14.7. The number of cyclic esters (lactones) is 1. The number of carbonyl (C=O) groups excluding carboxylic acids is 1. The van der Waals surface area contributed by atoms with Gasteiger partial charge in [0.05, 0.1) is 39.9 Å². The summed E-state index contributed by atoms with van der Waals surface area (Å²) in [4.78, 5) is 14.7. The van der Waals surface area contributed by atoms with Crippen LogP contribution in [0.15, 0.2) is 97.1 Å². The van der Waals surface area contributed by atoms with Gasteiger partial charge in [-0.05, 0) is 145 Å². The molecule has 2 fully saturated rings. The molecule has 0 amide bonds. The third-order valence-electron chi connectivity index (χ3n) is 14.1. The van der Waals surface area contributed by atoms with Gasteiger partial charge in [-0.25, -0.2) is 4.79 Å². The number of carbonyl (C=O) groups is 1. The average Bonchev–Trinajstić information content (AvgIpc) is 3.62. The Morgan fingerprint density at radius 1 is 0.621 bits per heavy atom. The van der Waals surface area contributed by atoms with Gasteiger partial charge >= 0.3 is 5.97 Å². The molecule has 0 bridgehead atoms. The van der Waals surface area contributed by atoms with Crippen molar-refractivity contribution in [3.63, 3.8) is 0 Å². The summed E-state index contributed by atoms with van der Waals surface area (Å²) >= 11 is 28.1. The van der Waals surface area contributed by atoms with Crippen LogP contribution in [0.4, 0.5) is 11.4 Å². The number of ether oxygens (including phenoxy) is 3. The molecule has 8 rings (SSSR count). The Morgan fingerprint density at radius 2 is 1.05 bits per heavy atom. The number of anilines is 2. The highest BCUT2D eigenvalue weighted by Crippen LogP contribution is 2.54. The Morgan fingerprint density at radius 3 is 1.47 bits per heavy atom. The van der Waals surface area contributed by atoms with E-state index in [2.05, 4.69) is 60.9 Å². The zero-order valence-electron chi connectivity index (χ0n) is 38.8. The summed E-state index contributed by atoms with van der Waals surface area (Å²) in [5.74, 6) is 3.45. The molecule has 0 aromatic heterocycles. The molecule has 346 valence electrons. The summed E-state index contributed by atoms with van der Waals surface area (Å²) in [5, 5.41) is 7.77. The van der Waals surface area contributed by atoms with E-state index in [9.17, 15) is 4.79 Å². The Bertz CT molecular complexity index is 2520. The monoisotopic (exact) mass is 964 g/mol. The second kappa shape index (κ2) is 20.7. The Kier molecular flexibility index (Phi) is 15.0. The number of fused-ring (bicyclic) bond motifs is 1. The van der Waals surface area contributed by atoms with Crippen molar-refractivity contribution < 1.29 is 19.0 Å². The van der Waals surface area contributed by atoms with Crippen LogP contribution in [-0.4, -0.2) is 33.3 Å². The molecule has 10 heteroatoms. The van der Waals surface area contributed by atoms with Crippen LogP contribution in [0.3, 0.4) is 0 Å². The first-order valence-corrected chi connectivity index (χ1v) is 24.8. The molecule has 0 unspecified atom stereocenters. The van der Waals surface area contributed by atoms with E-state index in [1.54, 1.807) is 14.2 Å². The maximum absolute atomic E-state index is 14.7. The van der Waals surface area contributed by atoms with Crippen molar-refractivity contribution in [1.29, 1.82) is 0 Å². The van der Waals surface area contributed by atoms with Crippen LogP contribution >= 0.6 is 46.4 Å². The molecule has 1 heterocycles. The molecule has 3 aliphatic rings. The Labute approximate surface area is 411 Å². The van der Waals surface area contributed by atoms with Gasteiger partial charge in [-0.15, -0.1) is 0 Å². The number of para-hydroxylation sites is 2. The largest absolute Gasteiger partial charge is 0.496 e. The van der Waals surface area contributed by atoms with Crippen molar-refractivity contribution >= 4 is 74.9 Å². The van der Waals surface area contributed by atoms with Gasteiger partial charge in [0.2, 0.25) is 0 Å². The van der Waals surface area contributed by atoms with E-state index < -0.39 is 11.6 Å². The SMILES string of the molecule is COc1ccc(/C(=C\C2(/C=C(\c3ccc(OC)c(C)c3)c3ccccc3NCC3CCC(C)CC3)OC(=O)c3c(Cl)c(Cl)c(Cl)c(Cl)c32)c2ccccc2NCC2CCC(C)CC2)cc1C. The number of rotatable bonds is 14. The molecule has 0 saturated heterocycles. The van der Waals surface area contributed by atoms with E-state index >= 15 is 0 Å². The minimum Gasteiger partial charge on any atom is -0.496 e. The van der Waals surface area contributed by atoms with Crippen molar-refractivity contribution in [2.45, 2.75) is 84.7 Å². The number of esters is 1. The summed E-state index contributed by atoms with van der Waals surface area (Å²) in [6.45, 7) is 10.4. The number of hydrogen-bond donors (Lipinski definition) is 2. The molecule has 0 atom stereocenters.